The summed E-state index contributed by atoms with van der Waals surface area (Å²) in [5, 5.41) is 25.9. The third-order valence-electron chi connectivity index (χ3n) is 5.88. The fourth-order valence-electron chi connectivity index (χ4n) is 4.19. The fraction of sp³-hybridized carbons (Fsp3) is 0.355. The molecule has 0 N–H and O–H groups in total. The summed E-state index contributed by atoms with van der Waals surface area (Å²) in [4.78, 5) is 14.6. The van der Waals surface area contributed by atoms with Crippen LogP contribution in [0.25, 0.3) is 0 Å². The van der Waals surface area contributed by atoms with E-state index in [1.54, 1.807) is 24.3 Å². The van der Waals surface area contributed by atoms with Crippen LogP contribution >= 0.6 is 0 Å². The number of azo groups is 2. The molecule has 0 aliphatic carbocycles. The Morgan fingerprint density at radius 3 is 1.59 bits per heavy atom. The first-order valence-electron chi connectivity index (χ1n) is 12.9. The van der Waals surface area contributed by atoms with Crippen molar-refractivity contribution in [2.45, 2.75) is 41.0 Å². The number of likely N-dealkylation sites (N-methyl/N-ethyl adjacent to an activating group) is 1. The fourth-order valence-corrected chi connectivity index (χ4v) is 4.19. The Morgan fingerprint density at radius 2 is 1.18 bits per heavy atom. The Labute approximate surface area is 231 Å². The molecule has 202 valence electrons. The molecule has 39 heavy (non-hydrogen) atoms. The monoisotopic (exact) mass is 524 g/mol. The lowest BCUT2D eigenvalue weighted by Gasteiger charge is -2.30. The summed E-state index contributed by atoms with van der Waals surface area (Å²) in [6.45, 7) is 11.2. The van der Waals surface area contributed by atoms with Gasteiger partial charge in [0.15, 0.2) is 0 Å². The van der Waals surface area contributed by atoms with Crippen LogP contribution in [-0.4, -0.2) is 26.2 Å². The summed E-state index contributed by atoms with van der Waals surface area (Å²) in [5.41, 5.74) is 3.91. The highest BCUT2D eigenvalue weighted by molar-refractivity contribution is 5.76. The standard InChI is InChI=1S/C31H36N6O2/c1-30(2,3)22-31(4,5)29(38)39-20-19-37(6)28-17-15-27(16-18-28)36-35-26-13-11-25(12-14-26)34-33-24-9-7-23(21-32)8-10-24/h7-18H,19-20,22H2,1-6H3. The number of nitriles is 1. The van der Waals surface area contributed by atoms with E-state index in [0.29, 0.717) is 35.8 Å². The number of carbonyl (C=O) groups excluding carboxylic acids is 1. The average Bonchev–Trinajstić information content (AvgIpc) is 2.90. The Hall–Kier alpha value is -4.38. The summed E-state index contributed by atoms with van der Waals surface area (Å²) in [6.07, 6.45) is 0.764. The minimum absolute atomic E-state index is 0.0574. The molecule has 0 aliphatic heterocycles. The first-order chi connectivity index (χ1) is 18.4. The highest BCUT2D eigenvalue weighted by atomic mass is 16.5. The number of hydrogen-bond acceptors (Lipinski definition) is 8. The molecule has 0 aromatic heterocycles. The maximum atomic E-state index is 12.5. The van der Waals surface area contributed by atoms with Gasteiger partial charge in [-0.25, -0.2) is 0 Å². The van der Waals surface area contributed by atoms with Gasteiger partial charge >= 0.3 is 5.97 Å². The number of anilines is 1. The van der Waals surface area contributed by atoms with Gasteiger partial charge in [0.25, 0.3) is 0 Å². The van der Waals surface area contributed by atoms with Crippen LogP contribution in [0.4, 0.5) is 28.4 Å². The van der Waals surface area contributed by atoms with E-state index in [9.17, 15) is 4.79 Å². The molecule has 3 aromatic rings. The largest absolute Gasteiger partial charge is 0.463 e. The van der Waals surface area contributed by atoms with E-state index in [2.05, 4.69) is 47.3 Å². The van der Waals surface area contributed by atoms with E-state index in [1.807, 2.05) is 74.3 Å². The molecular weight excluding hydrogens is 488 g/mol. The molecule has 0 aliphatic rings. The number of benzene rings is 3. The zero-order valence-corrected chi connectivity index (χ0v) is 23.5. The SMILES string of the molecule is CN(CCOC(=O)C(C)(C)CC(C)(C)C)c1ccc(N=Nc2ccc(N=Nc3ccc(C#N)cc3)cc2)cc1. The van der Waals surface area contributed by atoms with Crippen molar-refractivity contribution >= 4 is 34.4 Å². The first-order valence-corrected chi connectivity index (χ1v) is 12.9. The van der Waals surface area contributed by atoms with E-state index in [1.165, 1.54) is 0 Å². The summed E-state index contributed by atoms with van der Waals surface area (Å²) >= 11 is 0. The number of carbonyl (C=O) groups is 1. The summed E-state index contributed by atoms with van der Waals surface area (Å²) in [5.74, 6) is -0.163. The molecule has 3 rings (SSSR count). The predicted octanol–water partition coefficient (Wildman–Crippen LogP) is 8.83. The maximum Gasteiger partial charge on any atom is 0.311 e. The predicted molar refractivity (Wildman–Crippen MR) is 154 cm³/mol. The van der Waals surface area contributed by atoms with Crippen molar-refractivity contribution in [3.8, 4) is 6.07 Å². The van der Waals surface area contributed by atoms with E-state index in [-0.39, 0.29) is 11.4 Å². The van der Waals surface area contributed by atoms with Gasteiger partial charge in [-0.3, -0.25) is 4.79 Å². The quantitative estimate of drug-likeness (QED) is 0.195. The molecule has 0 unspecified atom stereocenters. The number of hydrogen-bond donors (Lipinski definition) is 0. The topological polar surface area (TPSA) is 103 Å². The van der Waals surface area contributed by atoms with Crippen molar-refractivity contribution in [2.24, 2.45) is 31.3 Å². The second kappa shape index (κ2) is 12.9. The molecular formula is C31H36N6O2. The van der Waals surface area contributed by atoms with E-state index < -0.39 is 5.41 Å². The van der Waals surface area contributed by atoms with Gasteiger partial charge in [0, 0.05) is 12.7 Å². The zero-order chi connectivity index (χ0) is 28.5. The van der Waals surface area contributed by atoms with Crippen LogP contribution in [0.2, 0.25) is 0 Å². The van der Waals surface area contributed by atoms with Crippen molar-refractivity contribution in [1.29, 1.82) is 5.26 Å². The van der Waals surface area contributed by atoms with Gasteiger partial charge in [-0.2, -0.15) is 25.7 Å². The summed E-state index contributed by atoms with van der Waals surface area (Å²) < 4.78 is 5.57. The molecule has 0 atom stereocenters. The van der Waals surface area contributed by atoms with Crippen molar-refractivity contribution in [1.82, 2.24) is 0 Å². The molecule has 0 fully saturated rings. The lowest BCUT2D eigenvalue weighted by atomic mass is 9.76. The number of nitrogens with zero attached hydrogens (tertiary/aromatic N) is 6. The minimum Gasteiger partial charge on any atom is -0.463 e. The Kier molecular flexibility index (Phi) is 9.67. The summed E-state index contributed by atoms with van der Waals surface area (Å²) in [7, 11) is 1.96. The maximum absolute atomic E-state index is 12.5. The third kappa shape index (κ3) is 9.46. The van der Waals surface area contributed by atoms with Crippen molar-refractivity contribution in [2.75, 3.05) is 25.1 Å². The Bertz CT molecular complexity index is 1330. The van der Waals surface area contributed by atoms with E-state index >= 15 is 0 Å². The van der Waals surface area contributed by atoms with Crippen LogP contribution in [0.15, 0.2) is 93.3 Å². The Balaban J connectivity index is 1.49. The van der Waals surface area contributed by atoms with E-state index in [0.717, 1.165) is 17.8 Å². The lowest BCUT2D eigenvalue weighted by molar-refractivity contribution is -0.155. The van der Waals surface area contributed by atoms with Gasteiger partial charge in [0.1, 0.15) is 6.61 Å². The molecule has 3 aromatic carbocycles. The van der Waals surface area contributed by atoms with Crippen LogP contribution in [0.5, 0.6) is 0 Å². The van der Waals surface area contributed by atoms with Gasteiger partial charge < -0.3 is 9.64 Å². The van der Waals surface area contributed by atoms with Crippen LogP contribution in [0.3, 0.4) is 0 Å². The van der Waals surface area contributed by atoms with Crippen LogP contribution < -0.4 is 4.90 Å². The van der Waals surface area contributed by atoms with Gasteiger partial charge in [0.2, 0.25) is 0 Å². The van der Waals surface area contributed by atoms with Crippen molar-refractivity contribution in [3.05, 3.63) is 78.4 Å². The second-order valence-electron chi connectivity index (χ2n) is 11.3. The molecule has 0 radical (unpaired) electrons. The van der Waals surface area contributed by atoms with Crippen molar-refractivity contribution in [3.63, 3.8) is 0 Å². The normalized spacial score (nSPS) is 12.0. The van der Waals surface area contributed by atoms with E-state index in [4.69, 9.17) is 10.00 Å². The second-order valence-corrected chi connectivity index (χ2v) is 11.3. The number of ether oxygens (including phenoxy) is 1. The number of esters is 1. The first kappa shape index (κ1) is 29.2. The highest BCUT2D eigenvalue weighted by Gasteiger charge is 2.33. The van der Waals surface area contributed by atoms with Crippen LogP contribution in [0.1, 0.15) is 46.6 Å². The smallest absolute Gasteiger partial charge is 0.311 e. The molecule has 0 saturated heterocycles. The van der Waals surface area contributed by atoms with Gasteiger partial charge in [-0.05, 0) is 98.5 Å². The zero-order valence-electron chi connectivity index (χ0n) is 23.5. The van der Waals surface area contributed by atoms with Crippen molar-refractivity contribution < 1.29 is 9.53 Å². The molecule has 0 heterocycles. The van der Waals surface area contributed by atoms with Gasteiger partial charge in [-0.15, -0.1) is 0 Å². The van der Waals surface area contributed by atoms with Crippen LogP contribution in [0, 0.1) is 22.2 Å². The summed E-state index contributed by atoms with van der Waals surface area (Å²) in [6, 6.07) is 24.0. The minimum atomic E-state index is -0.514. The van der Waals surface area contributed by atoms with Gasteiger partial charge in [0.05, 0.1) is 46.3 Å². The van der Waals surface area contributed by atoms with Crippen LogP contribution in [-0.2, 0) is 9.53 Å². The van der Waals surface area contributed by atoms with Gasteiger partial charge in [-0.1, -0.05) is 20.8 Å². The molecule has 8 heteroatoms. The molecule has 0 saturated carbocycles. The molecule has 0 bridgehead atoms. The highest BCUT2D eigenvalue weighted by Crippen LogP contribution is 2.34. The lowest BCUT2D eigenvalue weighted by Crippen LogP contribution is -2.33. The number of rotatable bonds is 10. The Morgan fingerprint density at radius 1 is 0.769 bits per heavy atom. The molecule has 0 spiro atoms. The molecule has 8 nitrogen and oxygen atoms in total. The third-order valence-corrected chi connectivity index (χ3v) is 5.88. The average molecular weight is 525 g/mol. The molecule has 0 amide bonds.